The zero-order valence-electron chi connectivity index (χ0n) is 17.6. The molecule has 0 spiro atoms. The van der Waals surface area contributed by atoms with Gasteiger partial charge in [0.05, 0.1) is 28.6 Å². The number of nitrogens with zero attached hydrogens (tertiary/aromatic N) is 4. The first kappa shape index (κ1) is 24.5. The molecule has 0 saturated carbocycles. The maximum Gasteiger partial charge on any atom is 0.246 e. The summed E-state index contributed by atoms with van der Waals surface area (Å²) in [7, 11) is -3.85. The molecule has 1 aliphatic rings. The molecular formula is C22H24Cl2N4O3S. The van der Waals surface area contributed by atoms with Gasteiger partial charge in [-0.25, -0.2) is 8.42 Å². The Kier molecular flexibility index (Phi) is 8.15. The van der Waals surface area contributed by atoms with Crippen LogP contribution in [0.3, 0.4) is 0 Å². The molecule has 2 aromatic rings. The summed E-state index contributed by atoms with van der Waals surface area (Å²) < 4.78 is 27.5. The lowest BCUT2D eigenvalue weighted by Gasteiger charge is -2.38. The molecule has 0 N–H and O–H groups in total. The van der Waals surface area contributed by atoms with Crippen molar-refractivity contribution in [3.05, 3.63) is 58.6 Å². The molecule has 32 heavy (non-hydrogen) atoms. The van der Waals surface area contributed by atoms with Crippen LogP contribution in [0.4, 0.5) is 5.69 Å². The number of para-hydroxylation sites is 1. The van der Waals surface area contributed by atoms with Crippen LogP contribution < -0.4 is 4.90 Å². The van der Waals surface area contributed by atoms with Crippen molar-refractivity contribution in [2.45, 2.75) is 24.3 Å². The third-order valence-electron chi connectivity index (χ3n) is 5.48. The molecular weight excluding hydrogens is 471 g/mol. The van der Waals surface area contributed by atoms with Crippen LogP contribution in [-0.4, -0.2) is 62.3 Å². The van der Waals surface area contributed by atoms with Crippen molar-refractivity contribution in [2.75, 3.05) is 37.6 Å². The van der Waals surface area contributed by atoms with Crippen molar-refractivity contribution >= 4 is 44.8 Å². The van der Waals surface area contributed by atoms with Gasteiger partial charge in [0, 0.05) is 38.4 Å². The first-order valence-corrected chi connectivity index (χ1v) is 12.4. The summed E-state index contributed by atoms with van der Waals surface area (Å²) >= 11 is 12.2. The van der Waals surface area contributed by atoms with Crippen LogP contribution in [0.15, 0.2) is 53.4 Å². The van der Waals surface area contributed by atoms with Gasteiger partial charge in [0.1, 0.15) is 4.90 Å². The molecule has 7 nitrogen and oxygen atoms in total. The van der Waals surface area contributed by atoms with Gasteiger partial charge in [-0.3, -0.25) is 9.69 Å². The number of halogens is 2. The lowest BCUT2D eigenvalue weighted by Crippen LogP contribution is -2.55. The number of sulfonamides is 1. The van der Waals surface area contributed by atoms with E-state index in [9.17, 15) is 13.2 Å². The van der Waals surface area contributed by atoms with Gasteiger partial charge >= 0.3 is 0 Å². The van der Waals surface area contributed by atoms with E-state index in [-0.39, 0.29) is 40.4 Å². The molecule has 1 atom stereocenters. The highest BCUT2D eigenvalue weighted by atomic mass is 35.5. The first-order valence-electron chi connectivity index (χ1n) is 10.2. The fourth-order valence-electron chi connectivity index (χ4n) is 3.71. The smallest absolute Gasteiger partial charge is 0.246 e. The maximum absolute atomic E-state index is 13.2. The Morgan fingerprint density at radius 1 is 1.06 bits per heavy atom. The number of anilines is 1. The summed E-state index contributed by atoms with van der Waals surface area (Å²) in [6.07, 6.45) is 0.220. The molecule has 1 heterocycles. The molecule has 1 aliphatic heterocycles. The van der Waals surface area contributed by atoms with Crippen molar-refractivity contribution in [3.8, 4) is 6.07 Å². The molecule has 170 valence electrons. The molecule has 3 rings (SSSR count). The summed E-state index contributed by atoms with van der Waals surface area (Å²) in [5.41, 5.74) is 0.731. The fraction of sp³-hybridized carbons (Fsp3) is 0.364. The van der Waals surface area contributed by atoms with Crippen LogP contribution in [0.25, 0.3) is 0 Å². The third-order valence-corrected chi connectivity index (χ3v) is 8.33. The van der Waals surface area contributed by atoms with Crippen molar-refractivity contribution in [1.82, 2.24) is 9.21 Å². The van der Waals surface area contributed by atoms with E-state index in [0.717, 1.165) is 5.69 Å². The number of piperazine rings is 1. The Labute approximate surface area is 198 Å². The Bertz CT molecular complexity index is 1080. The molecule has 0 bridgehead atoms. The minimum absolute atomic E-state index is 0.0828. The summed E-state index contributed by atoms with van der Waals surface area (Å²) in [6, 6.07) is 15.4. The predicted molar refractivity (Wildman–Crippen MR) is 125 cm³/mol. The monoisotopic (exact) mass is 494 g/mol. The molecule has 1 amide bonds. The number of benzene rings is 2. The van der Waals surface area contributed by atoms with Gasteiger partial charge in [-0.1, -0.05) is 47.5 Å². The molecule has 0 unspecified atom stereocenters. The largest absolute Gasteiger partial charge is 0.310 e. The van der Waals surface area contributed by atoms with Crippen LogP contribution >= 0.6 is 23.2 Å². The van der Waals surface area contributed by atoms with Crippen LogP contribution in [0.2, 0.25) is 10.0 Å². The van der Waals surface area contributed by atoms with Crippen molar-refractivity contribution < 1.29 is 13.2 Å². The normalized spacial score (nSPS) is 16.3. The van der Waals surface area contributed by atoms with E-state index in [1.807, 2.05) is 35.2 Å². The topological polar surface area (TPSA) is 84.7 Å². The zero-order chi connectivity index (χ0) is 23.3. The minimum Gasteiger partial charge on any atom is -0.310 e. The number of nitriles is 1. The van der Waals surface area contributed by atoms with Gasteiger partial charge < -0.3 is 4.90 Å². The van der Waals surface area contributed by atoms with Gasteiger partial charge in [0.15, 0.2) is 0 Å². The van der Waals surface area contributed by atoms with Crippen LogP contribution in [0, 0.1) is 11.3 Å². The number of rotatable bonds is 7. The van der Waals surface area contributed by atoms with E-state index in [0.29, 0.717) is 19.6 Å². The summed E-state index contributed by atoms with van der Waals surface area (Å²) in [4.78, 5) is 16.7. The van der Waals surface area contributed by atoms with Gasteiger partial charge in [-0.2, -0.15) is 9.57 Å². The average molecular weight is 495 g/mol. The quantitative estimate of drug-likeness (QED) is 0.586. The second-order valence-corrected chi connectivity index (χ2v) is 10.1. The van der Waals surface area contributed by atoms with Gasteiger partial charge in [-0.05, 0) is 31.2 Å². The van der Waals surface area contributed by atoms with Gasteiger partial charge in [0.2, 0.25) is 15.9 Å². The Hall–Kier alpha value is -2.15. The van der Waals surface area contributed by atoms with E-state index in [2.05, 4.69) is 6.07 Å². The van der Waals surface area contributed by atoms with Crippen LogP contribution in [-0.2, 0) is 14.8 Å². The molecule has 0 radical (unpaired) electrons. The van der Waals surface area contributed by atoms with Crippen molar-refractivity contribution in [1.29, 1.82) is 5.26 Å². The van der Waals surface area contributed by atoms with Gasteiger partial charge in [-0.15, -0.1) is 0 Å². The Morgan fingerprint density at radius 2 is 1.66 bits per heavy atom. The Balaban J connectivity index is 1.71. The van der Waals surface area contributed by atoms with Gasteiger partial charge in [0.25, 0.3) is 0 Å². The first-order chi connectivity index (χ1) is 15.3. The lowest BCUT2D eigenvalue weighted by atomic mass is 10.2. The summed E-state index contributed by atoms with van der Waals surface area (Å²) in [6.45, 7) is 3.29. The molecule has 0 aliphatic carbocycles. The molecule has 1 saturated heterocycles. The Morgan fingerprint density at radius 3 is 2.22 bits per heavy atom. The minimum atomic E-state index is -3.85. The highest BCUT2D eigenvalue weighted by Gasteiger charge is 2.35. The molecule has 2 aromatic carbocycles. The van der Waals surface area contributed by atoms with Crippen LogP contribution in [0.1, 0.15) is 13.3 Å². The number of carbonyl (C=O) groups is 1. The standard InChI is InChI=1S/C22H24Cl2N4O3S/c1-17(22(29)28(12-6-11-25)18-7-3-2-4-8-18)26-13-15-27(16-14-26)32(30,31)21-19(23)9-5-10-20(21)24/h2-5,7-10,17H,6,12-16H2,1H3/t17-/m0/s1. The third kappa shape index (κ3) is 5.25. The fourth-order valence-corrected chi connectivity index (χ4v) is 6.22. The van der Waals surface area contributed by atoms with Crippen molar-refractivity contribution in [2.24, 2.45) is 0 Å². The zero-order valence-corrected chi connectivity index (χ0v) is 19.9. The number of hydrogen-bond acceptors (Lipinski definition) is 5. The number of carbonyl (C=O) groups excluding carboxylic acids is 1. The van der Waals surface area contributed by atoms with E-state index >= 15 is 0 Å². The maximum atomic E-state index is 13.2. The second kappa shape index (κ2) is 10.6. The molecule has 1 fully saturated rings. The average Bonchev–Trinajstić information content (AvgIpc) is 2.79. The van der Waals surface area contributed by atoms with E-state index < -0.39 is 16.1 Å². The SMILES string of the molecule is C[C@@H](C(=O)N(CCC#N)c1ccccc1)N1CCN(S(=O)(=O)c2c(Cl)cccc2Cl)CC1. The second-order valence-electron chi connectivity index (χ2n) is 7.40. The number of amides is 1. The number of hydrogen-bond donors (Lipinski definition) is 0. The molecule has 10 heteroatoms. The highest BCUT2D eigenvalue weighted by molar-refractivity contribution is 7.89. The molecule has 0 aromatic heterocycles. The lowest BCUT2D eigenvalue weighted by molar-refractivity contribution is -0.123. The van der Waals surface area contributed by atoms with E-state index in [4.69, 9.17) is 28.5 Å². The van der Waals surface area contributed by atoms with Crippen molar-refractivity contribution in [3.63, 3.8) is 0 Å². The summed E-state index contributed by atoms with van der Waals surface area (Å²) in [5.74, 6) is -0.128. The summed E-state index contributed by atoms with van der Waals surface area (Å²) in [5, 5.41) is 9.16. The highest BCUT2D eigenvalue weighted by Crippen LogP contribution is 2.32. The van der Waals surface area contributed by atoms with E-state index in [1.165, 1.54) is 16.4 Å². The van der Waals surface area contributed by atoms with Crippen LogP contribution in [0.5, 0.6) is 0 Å². The predicted octanol–water partition coefficient (Wildman–Crippen LogP) is 3.64. The van der Waals surface area contributed by atoms with E-state index in [1.54, 1.807) is 17.9 Å².